The minimum absolute atomic E-state index is 0.333. The van der Waals surface area contributed by atoms with Gasteiger partial charge in [0.25, 0.3) is 0 Å². The Kier molecular flexibility index (Phi) is 3.31. The van der Waals surface area contributed by atoms with Gasteiger partial charge in [0.15, 0.2) is 0 Å². The highest BCUT2D eigenvalue weighted by Gasteiger charge is 2.36. The van der Waals surface area contributed by atoms with E-state index in [1.165, 1.54) is 0 Å². The lowest BCUT2D eigenvalue weighted by Gasteiger charge is -2.13. The van der Waals surface area contributed by atoms with Crippen molar-refractivity contribution in [3.05, 3.63) is 0 Å². The maximum Gasteiger partial charge on any atom is 0.403 e. The van der Waals surface area contributed by atoms with Gasteiger partial charge in [0, 0.05) is 6.42 Å². The minimum atomic E-state index is -4.44. The normalized spacial score (nSPS) is 14.5. The van der Waals surface area contributed by atoms with Crippen molar-refractivity contribution < 1.29 is 18.0 Å². The van der Waals surface area contributed by atoms with Crippen LogP contribution in [0.5, 0.6) is 0 Å². The average molecular weight is 170 g/mol. The molecule has 0 aromatic rings. The van der Waals surface area contributed by atoms with Crippen LogP contribution in [0.2, 0.25) is 0 Å². The first-order valence-electron chi connectivity index (χ1n) is 2.94. The monoisotopic (exact) mass is 170 g/mol. The van der Waals surface area contributed by atoms with Crippen molar-refractivity contribution in [2.75, 3.05) is 0 Å². The van der Waals surface area contributed by atoms with Gasteiger partial charge >= 0.3 is 6.18 Å². The van der Waals surface area contributed by atoms with E-state index >= 15 is 0 Å². The van der Waals surface area contributed by atoms with E-state index in [1.807, 2.05) is 0 Å². The summed E-state index contributed by atoms with van der Waals surface area (Å²) in [5.41, 5.74) is 9.29. The second-order valence-corrected chi connectivity index (χ2v) is 2.15. The van der Waals surface area contributed by atoms with E-state index in [9.17, 15) is 18.0 Å². The summed E-state index contributed by atoms with van der Waals surface area (Å²) in [5, 5.41) is 0. The molecule has 0 saturated heterocycles. The molecule has 0 aliphatic carbocycles. The van der Waals surface area contributed by atoms with E-state index in [0.29, 0.717) is 0 Å². The zero-order chi connectivity index (χ0) is 9.07. The third kappa shape index (κ3) is 4.60. The highest BCUT2D eigenvalue weighted by molar-refractivity contribution is 5.73. The number of carbonyl (C=O) groups is 1. The summed E-state index contributed by atoms with van der Waals surface area (Å²) >= 11 is 0. The quantitative estimate of drug-likeness (QED) is 0.632. The lowest BCUT2D eigenvalue weighted by Crippen LogP contribution is -2.37. The average Bonchev–Trinajstić information content (AvgIpc) is 1.80. The molecular weight excluding hydrogens is 161 g/mol. The largest absolute Gasteiger partial charge is 0.403 e. The predicted octanol–water partition coefficient (Wildman–Crippen LogP) is 0.141. The van der Waals surface area contributed by atoms with Crippen molar-refractivity contribution >= 4 is 5.91 Å². The van der Waals surface area contributed by atoms with E-state index < -0.39 is 24.5 Å². The van der Waals surface area contributed by atoms with Crippen LogP contribution >= 0.6 is 0 Å². The number of rotatable bonds is 3. The summed E-state index contributed by atoms with van der Waals surface area (Å²) < 4.78 is 34.9. The maximum atomic E-state index is 11.6. The molecular formula is C5H9F3N2O. The topological polar surface area (TPSA) is 69.1 Å². The predicted molar refractivity (Wildman–Crippen MR) is 32.5 cm³/mol. The second kappa shape index (κ2) is 3.56. The Morgan fingerprint density at radius 3 is 2.18 bits per heavy atom. The SMILES string of the molecule is NC(=O)CCC(N)C(F)(F)F. The molecule has 0 heterocycles. The highest BCUT2D eigenvalue weighted by Crippen LogP contribution is 2.21. The van der Waals surface area contributed by atoms with Crippen molar-refractivity contribution in [1.82, 2.24) is 0 Å². The molecule has 4 N–H and O–H groups in total. The molecule has 1 atom stereocenters. The first-order chi connectivity index (χ1) is 4.84. The zero-order valence-corrected chi connectivity index (χ0v) is 5.69. The van der Waals surface area contributed by atoms with Gasteiger partial charge < -0.3 is 11.5 Å². The Labute approximate surface area is 61.5 Å². The Morgan fingerprint density at radius 2 is 1.91 bits per heavy atom. The summed E-state index contributed by atoms with van der Waals surface area (Å²) in [6.07, 6.45) is -5.21. The molecule has 0 radical (unpaired) electrons. The summed E-state index contributed by atoms with van der Waals surface area (Å²) in [4.78, 5) is 10.0. The Balaban J connectivity index is 3.70. The van der Waals surface area contributed by atoms with E-state index in [2.05, 4.69) is 11.5 Å². The number of carbonyl (C=O) groups excluding carboxylic acids is 1. The molecule has 3 nitrogen and oxygen atoms in total. The molecule has 0 aliphatic rings. The van der Waals surface area contributed by atoms with Gasteiger partial charge in [0.2, 0.25) is 5.91 Å². The van der Waals surface area contributed by atoms with Crippen LogP contribution in [0.1, 0.15) is 12.8 Å². The smallest absolute Gasteiger partial charge is 0.370 e. The van der Waals surface area contributed by atoms with Crippen molar-refractivity contribution in [2.45, 2.75) is 25.1 Å². The fraction of sp³-hybridized carbons (Fsp3) is 0.800. The molecule has 11 heavy (non-hydrogen) atoms. The third-order valence-electron chi connectivity index (χ3n) is 1.12. The lowest BCUT2D eigenvalue weighted by atomic mass is 10.1. The molecule has 0 saturated carbocycles. The van der Waals surface area contributed by atoms with Crippen LogP contribution in [0.4, 0.5) is 13.2 Å². The van der Waals surface area contributed by atoms with Gasteiger partial charge in [-0.05, 0) is 6.42 Å². The van der Waals surface area contributed by atoms with E-state index in [4.69, 9.17) is 0 Å². The Hall–Kier alpha value is -0.780. The molecule has 0 rings (SSSR count). The number of alkyl halides is 3. The molecule has 0 aromatic carbocycles. The molecule has 0 spiro atoms. The lowest BCUT2D eigenvalue weighted by molar-refractivity contribution is -0.149. The molecule has 1 amide bonds. The van der Waals surface area contributed by atoms with Gasteiger partial charge in [-0.25, -0.2) is 0 Å². The number of amides is 1. The van der Waals surface area contributed by atoms with Crippen molar-refractivity contribution in [2.24, 2.45) is 11.5 Å². The van der Waals surface area contributed by atoms with Crippen molar-refractivity contribution in [3.63, 3.8) is 0 Å². The number of halogens is 3. The van der Waals surface area contributed by atoms with Gasteiger partial charge in [-0.1, -0.05) is 0 Å². The number of hydrogen-bond donors (Lipinski definition) is 2. The summed E-state index contributed by atoms with van der Waals surface area (Å²) in [6, 6.07) is -1.95. The summed E-state index contributed by atoms with van der Waals surface area (Å²) in [7, 11) is 0. The summed E-state index contributed by atoms with van der Waals surface area (Å²) in [5.74, 6) is -0.773. The first-order valence-corrected chi connectivity index (χ1v) is 2.94. The zero-order valence-electron chi connectivity index (χ0n) is 5.69. The number of nitrogens with two attached hydrogens (primary N) is 2. The van der Waals surface area contributed by atoms with Crippen LogP contribution in [-0.2, 0) is 4.79 Å². The molecule has 0 fully saturated rings. The molecule has 6 heteroatoms. The van der Waals surface area contributed by atoms with Gasteiger partial charge in [-0.3, -0.25) is 4.79 Å². The molecule has 0 aromatic heterocycles. The van der Waals surface area contributed by atoms with E-state index in [0.717, 1.165) is 0 Å². The standard InChI is InChI=1S/C5H9F3N2O/c6-5(7,8)3(9)1-2-4(10)11/h3H,1-2,9H2,(H2,10,11). The Bertz CT molecular complexity index is 145. The van der Waals surface area contributed by atoms with Crippen LogP contribution in [0.25, 0.3) is 0 Å². The summed E-state index contributed by atoms with van der Waals surface area (Å²) in [6.45, 7) is 0. The fourth-order valence-corrected chi connectivity index (χ4v) is 0.461. The molecule has 0 aliphatic heterocycles. The molecule has 0 bridgehead atoms. The first kappa shape index (κ1) is 10.2. The van der Waals surface area contributed by atoms with Crippen LogP contribution < -0.4 is 11.5 Å². The van der Waals surface area contributed by atoms with E-state index in [1.54, 1.807) is 0 Å². The van der Waals surface area contributed by atoms with Gasteiger partial charge in [0.1, 0.15) is 6.04 Å². The fourth-order valence-electron chi connectivity index (χ4n) is 0.461. The second-order valence-electron chi connectivity index (χ2n) is 2.15. The maximum absolute atomic E-state index is 11.6. The van der Waals surface area contributed by atoms with Crippen LogP contribution in [0.15, 0.2) is 0 Å². The van der Waals surface area contributed by atoms with Crippen LogP contribution in [0, 0.1) is 0 Å². The van der Waals surface area contributed by atoms with Gasteiger partial charge in [-0.2, -0.15) is 13.2 Å². The van der Waals surface area contributed by atoms with Gasteiger partial charge in [-0.15, -0.1) is 0 Å². The number of primary amides is 1. The van der Waals surface area contributed by atoms with Gasteiger partial charge in [0.05, 0.1) is 0 Å². The van der Waals surface area contributed by atoms with Crippen molar-refractivity contribution in [3.8, 4) is 0 Å². The van der Waals surface area contributed by atoms with E-state index in [-0.39, 0.29) is 6.42 Å². The minimum Gasteiger partial charge on any atom is -0.370 e. The molecule has 66 valence electrons. The molecule has 1 unspecified atom stereocenters. The highest BCUT2D eigenvalue weighted by atomic mass is 19.4. The number of hydrogen-bond acceptors (Lipinski definition) is 2. The Morgan fingerprint density at radius 1 is 1.45 bits per heavy atom. The third-order valence-corrected chi connectivity index (χ3v) is 1.12. The van der Waals surface area contributed by atoms with Crippen LogP contribution in [0.3, 0.4) is 0 Å². The van der Waals surface area contributed by atoms with Crippen LogP contribution in [-0.4, -0.2) is 18.1 Å². The van der Waals surface area contributed by atoms with Crippen molar-refractivity contribution in [1.29, 1.82) is 0 Å².